The summed E-state index contributed by atoms with van der Waals surface area (Å²) in [4.78, 5) is 13.3. The molecule has 9 N–H and O–H groups in total. The lowest BCUT2D eigenvalue weighted by molar-refractivity contribution is -0.359. The molecule has 2 saturated heterocycles. The van der Waals surface area contributed by atoms with E-state index < -0.39 is 86.8 Å². The first-order valence-corrected chi connectivity index (χ1v) is 34.2. The van der Waals surface area contributed by atoms with Crippen LogP contribution < -0.4 is 5.32 Å². The number of amides is 1. The minimum Gasteiger partial charge on any atom is -0.394 e. The number of aliphatic hydroxyl groups is 8. The second-order valence-corrected chi connectivity index (χ2v) is 24.3. The first-order valence-electron chi connectivity index (χ1n) is 34.2. The summed E-state index contributed by atoms with van der Waals surface area (Å²) >= 11 is 0. The van der Waals surface area contributed by atoms with Gasteiger partial charge in [0.15, 0.2) is 12.6 Å². The zero-order valence-electron chi connectivity index (χ0n) is 52.2. The van der Waals surface area contributed by atoms with Gasteiger partial charge in [-0.3, -0.25) is 4.79 Å². The maximum absolute atomic E-state index is 13.3. The highest BCUT2D eigenvalue weighted by Crippen LogP contribution is 2.30. The fourth-order valence-corrected chi connectivity index (χ4v) is 11.3. The summed E-state index contributed by atoms with van der Waals surface area (Å²) < 4.78 is 22.8. The SMILES string of the molecule is CCCCCCC/C=C\C/C=C\CCCCCCCCCCCCCCCCCCCCCCCC(=O)NC(COC1OC(CO)C(OC2OC(CO)C(O)C(O)C2O)C(O)C1O)C(O)/C=C/CCCCCCCCCCCCCCC. The third-order valence-electron chi connectivity index (χ3n) is 16.8. The normalized spacial score (nSPS) is 24.1. The molecule has 14 heteroatoms. The molecule has 12 unspecified atom stereocenters. The van der Waals surface area contributed by atoms with E-state index in [1.54, 1.807) is 6.08 Å². The molecule has 12 atom stereocenters. The second-order valence-electron chi connectivity index (χ2n) is 24.3. The van der Waals surface area contributed by atoms with E-state index in [0.717, 1.165) is 44.9 Å². The number of nitrogens with one attached hydrogen (secondary N) is 1. The van der Waals surface area contributed by atoms with Crippen molar-refractivity contribution in [3.05, 3.63) is 36.5 Å². The van der Waals surface area contributed by atoms with E-state index in [-0.39, 0.29) is 18.9 Å². The van der Waals surface area contributed by atoms with E-state index in [9.17, 15) is 45.6 Å². The maximum Gasteiger partial charge on any atom is 0.220 e. The minimum absolute atomic E-state index is 0.235. The minimum atomic E-state index is -1.79. The van der Waals surface area contributed by atoms with Gasteiger partial charge in [0, 0.05) is 6.42 Å². The van der Waals surface area contributed by atoms with E-state index in [2.05, 4.69) is 43.5 Å². The Morgan fingerprint density at radius 1 is 0.439 bits per heavy atom. The highest BCUT2D eigenvalue weighted by atomic mass is 16.7. The van der Waals surface area contributed by atoms with E-state index in [0.29, 0.717) is 6.42 Å². The monoisotopic (exact) mass is 1170 g/mol. The number of rotatable bonds is 56. The topological polar surface area (TPSA) is 228 Å². The number of hydrogen-bond donors (Lipinski definition) is 9. The zero-order chi connectivity index (χ0) is 59.5. The van der Waals surface area contributed by atoms with Crippen molar-refractivity contribution in [2.45, 2.75) is 370 Å². The summed E-state index contributed by atoms with van der Waals surface area (Å²) in [6.45, 7) is 2.82. The van der Waals surface area contributed by atoms with E-state index in [1.165, 1.54) is 225 Å². The Morgan fingerprint density at radius 3 is 1.22 bits per heavy atom. The molecule has 2 rings (SSSR count). The van der Waals surface area contributed by atoms with Crippen LogP contribution in [0, 0.1) is 0 Å². The third kappa shape index (κ3) is 37.7. The van der Waals surface area contributed by atoms with Crippen molar-refractivity contribution >= 4 is 5.91 Å². The van der Waals surface area contributed by atoms with Gasteiger partial charge in [0.05, 0.1) is 32.0 Å². The van der Waals surface area contributed by atoms with Crippen LogP contribution in [0.3, 0.4) is 0 Å². The smallest absolute Gasteiger partial charge is 0.220 e. The Balaban J connectivity index is 1.62. The van der Waals surface area contributed by atoms with Gasteiger partial charge in [0.25, 0.3) is 0 Å². The molecule has 0 spiro atoms. The van der Waals surface area contributed by atoms with Crippen LogP contribution in [0.5, 0.6) is 0 Å². The van der Waals surface area contributed by atoms with Gasteiger partial charge in [-0.05, 0) is 51.4 Å². The molecular weight excluding hydrogens is 1040 g/mol. The quantitative estimate of drug-likeness (QED) is 0.0204. The number of carbonyl (C=O) groups is 1. The Hall–Kier alpha value is -1.79. The van der Waals surface area contributed by atoms with Crippen LogP contribution in [0.1, 0.15) is 296 Å². The molecule has 0 aromatic rings. The molecule has 14 nitrogen and oxygen atoms in total. The summed E-state index contributed by atoms with van der Waals surface area (Å²) in [5.74, 6) is -0.235. The summed E-state index contributed by atoms with van der Waals surface area (Å²) in [5, 5.41) is 87.2. The van der Waals surface area contributed by atoms with Gasteiger partial charge < -0.3 is 65.1 Å². The van der Waals surface area contributed by atoms with Gasteiger partial charge in [-0.15, -0.1) is 0 Å². The summed E-state index contributed by atoms with van der Waals surface area (Å²) in [7, 11) is 0. The maximum atomic E-state index is 13.3. The fraction of sp³-hybridized carbons (Fsp3) is 0.897. The molecule has 0 aromatic carbocycles. The number of carbonyl (C=O) groups excluding carboxylic acids is 1. The van der Waals surface area contributed by atoms with Crippen molar-refractivity contribution in [1.82, 2.24) is 5.32 Å². The molecule has 0 aliphatic carbocycles. The van der Waals surface area contributed by atoms with Crippen molar-refractivity contribution in [3.63, 3.8) is 0 Å². The number of hydrogen-bond acceptors (Lipinski definition) is 13. The largest absolute Gasteiger partial charge is 0.394 e. The molecule has 482 valence electrons. The van der Waals surface area contributed by atoms with Crippen molar-refractivity contribution in [2.75, 3.05) is 19.8 Å². The highest BCUT2D eigenvalue weighted by Gasteiger charge is 2.51. The van der Waals surface area contributed by atoms with Crippen LogP contribution >= 0.6 is 0 Å². The van der Waals surface area contributed by atoms with Crippen LogP contribution in [0.15, 0.2) is 36.5 Å². The average Bonchev–Trinajstić information content (AvgIpc) is 3.60. The van der Waals surface area contributed by atoms with E-state index in [1.807, 2.05) is 6.08 Å². The standard InChI is InChI=1S/C68H127NO13/c1-3-5-7-9-11-13-15-17-19-20-21-22-23-24-25-26-27-28-29-30-31-32-33-34-35-36-38-40-42-44-46-48-50-52-60(73)69-56(57(72)51-49-47-45-43-41-39-37-18-16-14-12-10-8-6-4-2)55-79-67-65(78)63(76)66(59(54-71)81-67)82-68-64(77)62(75)61(74)58(53-70)80-68/h15,17,20-21,49,51,56-59,61-68,70-72,74-78H,3-14,16,18-19,22-48,50,52-55H2,1-2H3,(H,69,73)/b17-15-,21-20-,51-49+. The van der Waals surface area contributed by atoms with Gasteiger partial charge in [-0.1, -0.05) is 275 Å². The summed E-state index contributed by atoms with van der Waals surface area (Å²) in [5.41, 5.74) is 0. The summed E-state index contributed by atoms with van der Waals surface area (Å²) in [6.07, 6.45) is 50.6. The number of allylic oxidation sites excluding steroid dienone is 5. The molecule has 0 radical (unpaired) electrons. The lowest BCUT2D eigenvalue weighted by Crippen LogP contribution is -2.65. The lowest BCUT2D eigenvalue weighted by Gasteiger charge is -2.46. The van der Waals surface area contributed by atoms with Gasteiger partial charge in [0.2, 0.25) is 5.91 Å². The zero-order valence-corrected chi connectivity index (χ0v) is 52.2. The summed E-state index contributed by atoms with van der Waals surface area (Å²) in [6, 6.07) is -0.912. The highest BCUT2D eigenvalue weighted by molar-refractivity contribution is 5.76. The molecule has 2 fully saturated rings. The average molecular weight is 1170 g/mol. The van der Waals surface area contributed by atoms with E-state index in [4.69, 9.17) is 18.9 Å². The lowest BCUT2D eigenvalue weighted by atomic mass is 9.97. The Morgan fingerprint density at radius 2 is 0.805 bits per heavy atom. The number of ether oxygens (including phenoxy) is 4. The molecule has 2 aliphatic heterocycles. The van der Waals surface area contributed by atoms with E-state index >= 15 is 0 Å². The Bertz CT molecular complexity index is 1510. The molecule has 0 saturated carbocycles. The van der Waals surface area contributed by atoms with Crippen molar-refractivity contribution in [1.29, 1.82) is 0 Å². The molecule has 0 aromatic heterocycles. The van der Waals surface area contributed by atoms with Crippen LogP contribution in [-0.4, -0.2) is 140 Å². The molecule has 2 aliphatic rings. The van der Waals surface area contributed by atoms with Crippen molar-refractivity contribution in [3.8, 4) is 0 Å². The first-order chi connectivity index (χ1) is 40.1. The third-order valence-corrected chi connectivity index (χ3v) is 16.8. The predicted octanol–water partition coefficient (Wildman–Crippen LogP) is 13.3. The van der Waals surface area contributed by atoms with Gasteiger partial charge in [-0.25, -0.2) is 0 Å². The predicted molar refractivity (Wildman–Crippen MR) is 332 cm³/mol. The van der Waals surface area contributed by atoms with Gasteiger partial charge in [-0.2, -0.15) is 0 Å². The molecule has 1 amide bonds. The van der Waals surface area contributed by atoms with Crippen LogP contribution in [0.25, 0.3) is 0 Å². The molecule has 2 heterocycles. The Labute approximate surface area is 500 Å². The first kappa shape index (κ1) is 76.3. The van der Waals surface area contributed by atoms with Crippen LogP contribution in [0.4, 0.5) is 0 Å². The Kier molecular flexibility index (Phi) is 49.7. The molecule has 0 bridgehead atoms. The number of unbranched alkanes of at least 4 members (excludes halogenated alkanes) is 39. The van der Waals surface area contributed by atoms with Crippen molar-refractivity contribution < 1.29 is 64.6 Å². The number of aliphatic hydroxyl groups excluding tert-OH is 8. The van der Waals surface area contributed by atoms with Crippen molar-refractivity contribution in [2.24, 2.45) is 0 Å². The van der Waals surface area contributed by atoms with Gasteiger partial charge >= 0.3 is 0 Å². The fourth-order valence-electron chi connectivity index (χ4n) is 11.3. The van der Waals surface area contributed by atoms with Gasteiger partial charge in [0.1, 0.15) is 48.8 Å². The van der Waals surface area contributed by atoms with Crippen LogP contribution in [0.2, 0.25) is 0 Å². The molecule has 82 heavy (non-hydrogen) atoms. The molecular formula is C68H127NO13. The second kappa shape index (κ2) is 53.4. The van der Waals surface area contributed by atoms with Crippen LogP contribution in [-0.2, 0) is 23.7 Å².